The summed E-state index contributed by atoms with van der Waals surface area (Å²) >= 11 is 1.33. The van der Waals surface area contributed by atoms with Crippen molar-refractivity contribution in [2.75, 3.05) is 7.11 Å². The Morgan fingerprint density at radius 1 is 1.40 bits per heavy atom. The number of esters is 1. The molecule has 76 valence electrons. The lowest BCUT2D eigenvalue weighted by atomic mass is 10.2. The van der Waals surface area contributed by atoms with E-state index in [-0.39, 0.29) is 5.97 Å². The number of ether oxygens (including phenoxy) is 1. The third kappa shape index (κ3) is 1.94. The number of fused-ring (bicyclic) bond motifs is 1. The number of rotatable bonds is 1. The minimum Gasteiger partial charge on any atom is -0.465 e. The first-order valence-corrected chi connectivity index (χ1v) is 5.28. The Kier molecular flexibility index (Phi) is 2.87. The van der Waals surface area contributed by atoms with Gasteiger partial charge in [-0.1, -0.05) is 30.0 Å². The molecular weight excluding hydrogens is 210 g/mol. The van der Waals surface area contributed by atoms with Gasteiger partial charge in [-0.3, -0.25) is 4.99 Å². The number of hydrogen-bond donors (Lipinski definition) is 0. The van der Waals surface area contributed by atoms with Crippen molar-refractivity contribution in [3.8, 4) is 0 Å². The Balaban J connectivity index is 2.76. The van der Waals surface area contributed by atoms with Crippen molar-refractivity contribution in [2.24, 2.45) is 4.99 Å². The monoisotopic (exact) mass is 219 g/mol. The molecule has 4 heteroatoms. The van der Waals surface area contributed by atoms with Crippen LogP contribution in [0, 0.1) is 0 Å². The van der Waals surface area contributed by atoms with Gasteiger partial charge in [0.05, 0.1) is 12.5 Å². The highest BCUT2D eigenvalue weighted by atomic mass is 32.2. The van der Waals surface area contributed by atoms with Gasteiger partial charge in [-0.2, -0.15) is 0 Å². The summed E-state index contributed by atoms with van der Waals surface area (Å²) in [5.74, 6) is -0.325. The zero-order chi connectivity index (χ0) is 10.7. The van der Waals surface area contributed by atoms with Crippen LogP contribution >= 0.6 is 11.8 Å². The number of nitrogens with zero attached hydrogens (tertiary/aromatic N) is 1. The van der Waals surface area contributed by atoms with Crippen LogP contribution in [0.4, 0.5) is 0 Å². The zero-order valence-corrected chi connectivity index (χ0v) is 8.95. The molecule has 1 aliphatic rings. The Morgan fingerprint density at radius 2 is 2.20 bits per heavy atom. The van der Waals surface area contributed by atoms with E-state index in [0.717, 1.165) is 10.6 Å². The molecule has 0 saturated heterocycles. The fourth-order valence-corrected chi connectivity index (χ4v) is 2.04. The minimum atomic E-state index is -0.325. The highest BCUT2D eigenvalue weighted by molar-refractivity contribution is 8.11. The van der Waals surface area contributed by atoms with Crippen molar-refractivity contribution in [2.45, 2.75) is 0 Å². The lowest BCUT2D eigenvalue weighted by Gasteiger charge is -2.00. The van der Waals surface area contributed by atoms with Crippen molar-refractivity contribution in [1.82, 2.24) is 0 Å². The fourth-order valence-electron chi connectivity index (χ4n) is 1.30. The molecule has 0 bridgehead atoms. The number of methoxy groups -OCH3 is 1. The van der Waals surface area contributed by atoms with Crippen LogP contribution in [0.1, 0.15) is 0 Å². The maximum atomic E-state index is 11.5. The Labute approximate surface area is 91.2 Å². The van der Waals surface area contributed by atoms with Crippen molar-refractivity contribution in [3.63, 3.8) is 0 Å². The van der Waals surface area contributed by atoms with Crippen LogP contribution in [0.5, 0.6) is 0 Å². The van der Waals surface area contributed by atoms with Crippen LogP contribution in [0.15, 0.2) is 40.9 Å². The Morgan fingerprint density at radius 3 is 3.00 bits per heavy atom. The number of thioether (sulfide) groups is 1. The van der Waals surface area contributed by atoms with E-state index >= 15 is 0 Å². The average Bonchev–Trinajstić information content (AvgIpc) is 2.50. The van der Waals surface area contributed by atoms with Crippen LogP contribution in [0.2, 0.25) is 0 Å². The van der Waals surface area contributed by atoms with Crippen molar-refractivity contribution in [3.05, 3.63) is 46.4 Å². The smallest absolute Gasteiger partial charge is 0.345 e. The molecule has 0 aliphatic carbocycles. The number of carbonyl (C=O) groups excluding carboxylic acids is 1. The molecule has 2 rings (SSSR count). The SMILES string of the molecule is COC(=O)C1=c2ccccc2=NC=CS1. The maximum absolute atomic E-state index is 11.5. The molecule has 0 radical (unpaired) electrons. The normalized spacial score (nSPS) is 13.8. The van der Waals surface area contributed by atoms with Gasteiger partial charge in [-0.05, 0) is 11.5 Å². The molecular formula is C11H9NO2S. The van der Waals surface area contributed by atoms with Gasteiger partial charge >= 0.3 is 5.97 Å². The summed E-state index contributed by atoms with van der Waals surface area (Å²) in [7, 11) is 1.38. The quantitative estimate of drug-likeness (QED) is 0.656. The molecule has 0 aromatic heterocycles. The Hall–Kier alpha value is -1.55. The summed E-state index contributed by atoms with van der Waals surface area (Å²) in [4.78, 5) is 16.3. The summed E-state index contributed by atoms with van der Waals surface area (Å²) in [6.07, 6.45) is 1.68. The van der Waals surface area contributed by atoms with E-state index < -0.39 is 0 Å². The minimum absolute atomic E-state index is 0.325. The van der Waals surface area contributed by atoms with E-state index in [4.69, 9.17) is 4.74 Å². The zero-order valence-electron chi connectivity index (χ0n) is 8.14. The topological polar surface area (TPSA) is 38.7 Å². The van der Waals surface area contributed by atoms with Crippen LogP contribution in [0.3, 0.4) is 0 Å². The second-order valence-electron chi connectivity index (χ2n) is 2.87. The molecule has 1 aliphatic heterocycles. The Bertz CT molecular complexity index is 534. The van der Waals surface area contributed by atoms with E-state index in [0.29, 0.717) is 4.91 Å². The van der Waals surface area contributed by atoms with Crippen LogP contribution in [0.25, 0.3) is 4.91 Å². The molecule has 0 N–H and O–H groups in total. The lowest BCUT2D eigenvalue weighted by molar-refractivity contribution is -0.133. The fraction of sp³-hybridized carbons (Fsp3) is 0.0909. The molecule has 0 amide bonds. The van der Waals surface area contributed by atoms with E-state index in [1.165, 1.54) is 18.9 Å². The first-order valence-electron chi connectivity index (χ1n) is 4.40. The van der Waals surface area contributed by atoms with E-state index in [2.05, 4.69) is 4.99 Å². The van der Waals surface area contributed by atoms with Crippen molar-refractivity contribution in [1.29, 1.82) is 0 Å². The molecule has 15 heavy (non-hydrogen) atoms. The molecule has 0 atom stereocenters. The predicted molar refractivity (Wildman–Crippen MR) is 59.4 cm³/mol. The first-order chi connectivity index (χ1) is 7.33. The maximum Gasteiger partial charge on any atom is 0.345 e. The van der Waals surface area contributed by atoms with Gasteiger partial charge in [0.25, 0.3) is 0 Å². The number of carbonyl (C=O) groups is 1. The third-order valence-electron chi connectivity index (χ3n) is 1.98. The average molecular weight is 219 g/mol. The van der Waals surface area contributed by atoms with E-state index in [1.54, 1.807) is 11.6 Å². The van der Waals surface area contributed by atoms with E-state index in [9.17, 15) is 4.79 Å². The van der Waals surface area contributed by atoms with Crippen LogP contribution < -0.4 is 10.6 Å². The second kappa shape index (κ2) is 4.31. The molecule has 0 unspecified atom stereocenters. The molecule has 0 saturated carbocycles. The summed E-state index contributed by atoms with van der Waals surface area (Å²) in [5.41, 5.74) is 0. The highest BCUT2D eigenvalue weighted by Crippen LogP contribution is 2.18. The summed E-state index contributed by atoms with van der Waals surface area (Å²) < 4.78 is 4.73. The van der Waals surface area contributed by atoms with Gasteiger partial charge < -0.3 is 4.74 Å². The molecule has 1 aromatic carbocycles. The van der Waals surface area contributed by atoms with Crippen LogP contribution in [-0.2, 0) is 9.53 Å². The van der Waals surface area contributed by atoms with Gasteiger partial charge in [-0.25, -0.2) is 4.79 Å². The highest BCUT2D eigenvalue weighted by Gasteiger charge is 2.11. The lowest BCUT2D eigenvalue weighted by Crippen LogP contribution is -2.28. The first kappa shape index (κ1) is 9.98. The summed E-state index contributed by atoms with van der Waals surface area (Å²) in [6, 6.07) is 7.50. The van der Waals surface area contributed by atoms with Crippen molar-refractivity contribution < 1.29 is 9.53 Å². The molecule has 0 fully saturated rings. The largest absolute Gasteiger partial charge is 0.465 e. The predicted octanol–water partition coefficient (Wildman–Crippen LogP) is 0.805. The van der Waals surface area contributed by atoms with Gasteiger partial charge in [0, 0.05) is 11.4 Å². The van der Waals surface area contributed by atoms with Gasteiger partial charge in [0.2, 0.25) is 0 Å². The van der Waals surface area contributed by atoms with Gasteiger partial charge in [0.1, 0.15) is 4.91 Å². The summed E-state index contributed by atoms with van der Waals surface area (Å²) in [6.45, 7) is 0. The molecule has 0 spiro atoms. The van der Waals surface area contributed by atoms with Gasteiger partial charge in [0.15, 0.2) is 0 Å². The third-order valence-corrected chi connectivity index (χ3v) is 2.86. The van der Waals surface area contributed by atoms with Crippen molar-refractivity contribution >= 4 is 22.6 Å². The number of hydrogen-bond acceptors (Lipinski definition) is 4. The standard InChI is InChI=1S/C11H9NO2S/c1-14-11(13)10-8-4-2-3-5-9(8)12-6-7-15-10/h2-7H,1H3. The molecule has 1 aromatic rings. The number of para-hydroxylation sites is 1. The van der Waals surface area contributed by atoms with Gasteiger partial charge in [-0.15, -0.1) is 0 Å². The number of benzene rings is 1. The van der Waals surface area contributed by atoms with E-state index in [1.807, 2.05) is 24.3 Å². The molecule has 1 heterocycles. The second-order valence-corrected chi connectivity index (χ2v) is 3.79. The van der Waals surface area contributed by atoms with Crippen LogP contribution in [-0.4, -0.2) is 13.1 Å². The summed E-state index contributed by atoms with van der Waals surface area (Å²) in [5, 5.41) is 3.38. The molecule has 3 nitrogen and oxygen atoms in total.